The molecule has 0 aromatic heterocycles. The van der Waals surface area contributed by atoms with Gasteiger partial charge in [0.1, 0.15) is 0 Å². The Hall–Kier alpha value is -2.43. The van der Waals surface area contributed by atoms with Crippen molar-refractivity contribution in [1.82, 2.24) is 5.32 Å². The van der Waals surface area contributed by atoms with Crippen LogP contribution in [0.15, 0.2) is 60.7 Å². The lowest BCUT2D eigenvalue weighted by atomic mass is 9.80. The Morgan fingerprint density at radius 1 is 1.00 bits per heavy atom. The molecule has 1 aliphatic carbocycles. The van der Waals surface area contributed by atoms with E-state index < -0.39 is 0 Å². The first kappa shape index (κ1) is 24.7. The first-order chi connectivity index (χ1) is 16.5. The zero-order valence-electron chi connectivity index (χ0n) is 20.8. The molecule has 177 valence electrons. The van der Waals surface area contributed by atoms with Crippen molar-refractivity contribution in [2.75, 3.05) is 0 Å². The number of ketones is 1. The smallest absolute Gasteiger partial charge is 0.326 e. The van der Waals surface area contributed by atoms with Crippen LogP contribution in [0, 0.1) is 11.8 Å². The summed E-state index contributed by atoms with van der Waals surface area (Å²) < 4.78 is 0. The van der Waals surface area contributed by atoms with E-state index in [9.17, 15) is 9.82 Å². The van der Waals surface area contributed by atoms with E-state index in [1.165, 1.54) is 24.0 Å². The second-order valence-electron chi connectivity index (χ2n) is 10.3. The Morgan fingerprint density at radius 2 is 1.82 bits per heavy atom. The molecule has 3 atom stereocenters. The summed E-state index contributed by atoms with van der Waals surface area (Å²) in [4.78, 5) is 13.6. The fraction of sp³-hybridized carbons (Fsp3) is 0.433. The van der Waals surface area contributed by atoms with Gasteiger partial charge in [0.2, 0.25) is 0 Å². The first-order valence-electron chi connectivity index (χ1n) is 12.8. The summed E-state index contributed by atoms with van der Waals surface area (Å²) in [6.07, 6.45) is 5.70. The van der Waals surface area contributed by atoms with Gasteiger partial charge in [-0.1, -0.05) is 93.3 Å². The molecule has 0 spiro atoms. The fourth-order valence-corrected chi connectivity index (χ4v) is 5.49. The molecule has 0 saturated heterocycles. The summed E-state index contributed by atoms with van der Waals surface area (Å²) in [6, 6.07) is 21.2. The number of fused-ring (bicyclic) bond motifs is 1. The molecule has 1 aliphatic rings. The van der Waals surface area contributed by atoms with Crippen LogP contribution in [0.2, 0.25) is 0 Å². The van der Waals surface area contributed by atoms with Crippen molar-refractivity contribution in [3.05, 3.63) is 77.4 Å². The van der Waals surface area contributed by atoms with Gasteiger partial charge < -0.3 is 10.3 Å². The highest BCUT2D eigenvalue weighted by Gasteiger charge is 2.29. The largest absolute Gasteiger partial charge is 0.450 e. The third kappa shape index (κ3) is 5.79. The summed E-state index contributed by atoms with van der Waals surface area (Å²) in [6.45, 7) is 7.39. The molecular formula is C30H37BNO2. The molecule has 0 heterocycles. The van der Waals surface area contributed by atoms with E-state index in [1.54, 1.807) is 0 Å². The van der Waals surface area contributed by atoms with E-state index in [4.69, 9.17) is 0 Å². The summed E-state index contributed by atoms with van der Waals surface area (Å²) >= 11 is 0. The standard InChI is InChI=1S/C30H37BNO2/c1-20(2)32-19-22-7-4-11-26(17-22)24-9-5-8-23(13-14-24)21(3)30(33)28-12-6-10-25-15-16-27(31-34)18-29(25)28/h4,6-7,10-12,15-18,20-21,23-24,32,34H,5,8-9,13-14,19H2,1-3H3. The summed E-state index contributed by atoms with van der Waals surface area (Å²) in [5.74, 6) is 1.20. The number of rotatable bonds is 8. The molecule has 2 N–H and O–H groups in total. The number of carbonyl (C=O) groups is 1. The molecule has 3 unspecified atom stereocenters. The van der Waals surface area contributed by atoms with Crippen LogP contribution in [-0.2, 0) is 6.54 Å². The highest BCUT2D eigenvalue weighted by molar-refractivity contribution is 6.46. The van der Waals surface area contributed by atoms with Crippen LogP contribution >= 0.6 is 0 Å². The van der Waals surface area contributed by atoms with Crippen molar-refractivity contribution in [1.29, 1.82) is 0 Å². The lowest BCUT2D eigenvalue weighted by molar-refractivity contribution is 0.0879. The van der Waals surface area contributed by atoms with Gasteiger partial charge >= 0.3 is 7.48 Å². The maximum atomic E-state index is 13.6. The number of Topliss-reactive ketones (excluding diaryl/α,β-unsaturated/α-hetero) is 1. The van der Waals surface area contributed by atoms with E-state index in [1.807, 2.05) is 36.4 Å². The van der Waals surface area contributed by atoms with Crippen molar-refractivity contribution in [2.24, 2.45) is 11.8 Å². The van der Waals surface area contributed by atoms with Crippen molar-refractivity contribution in [3.63, 3.8) is 0 Å². The molecule has 3 aromatic rings. The SMILES string of the molecule is CC(C)NCc1cccc(C2CCCC(C(C)C(=O)c3cccc4ccc([B]O)cc34)CC2)c1. The topological polar surface area (TPSA) is 49.3 Å². The van der Waals surface area contributed by atoms with Gasteiger partial charge in [0.05, 0.1) is 0 Å². The number of carbonyl (C=O) groups excluding carboxylic acids is 1. The van der Waals surface area contributed by atoms with Gasteiger partial charge in [0.25, 0.3) is 0 Å². The average molecular weight is 454 g/mol. The lowest BCUT2D eigenvalue weighted by Gasteiger charge is -2.22. The summed E-state index contributed by atoms with van der Waals surface area (Å²) in [7, 11) is 1.10. The molecule has 0 bridgehead atoms. The monoisotopic (exact) mass is 454 g/mol. The van der Waals surface area contributed by atoms with Crippen LogP contribution in [0.25, 0.3) is 10.8 Å². The second-order valence-corrected chi connectivity index (χ2v) is 10.3. The molecule has 4 rings (SSSR count). The van der Waals surface area contributed by atoms with Crippen LogP contribution in [-0.4, -0.2) is 24.3 Å². The minimum Gasteiger partial charge on any atom is -0.450 e. The van der Waals surface area contributed by atoms with Crippen LogP contribution in [0.4, 0.5) is 0 Å². The van der Waals surface area contributed by atoms with Gasteiger partial charge in [-0.15, -0.1) is 0 Å². The minimum atomic E-state index is -0.00677. The van der Waals surface area contributed by atoms with Crippen LogP contribution in [0.3, 0.4) is 0 Å². The summed E-state index contributed by atoms with van der Waals surface area (Å²) in [5, 5.41) is 14.9. The number of hydrogen-bond acceptors (Lipinski definition) is 3. The Bertz CT molecular complexity index is 1130. The molecule has 3 nitrogen and oxygen atoms in total. The van der Waals surface area contributed by atoms with Crippen molar-refractivity contribution < 1.29 is 9.82 Å². The zero-order valence-corrected chi connectivity index (χ0v) is 20.8. The van der Waals surface area contributed by atoms with Crippen LogP contribution in [0.1, 0.15) is 80.3 Å². The molecular weight excluding hydrogens is 417 g/mol. The van der Waals surface area contributed by atoms with E-state index in [2.05, 4.69) is 50.4 Å². The Kier molecular flexibility index (Phi) is 8.23. The van der Waals surface area contributed by atoms with E-state index in [0.717, 1.165) is 55.1 Å². The fourth-order valence-electron chi connectivity index (χ4n) is 5.49. The van der Waals surface area contributed by atoms with Gasteiger partial charge in [-0.3, -0.25) is 4.79 Å². The van der Waals surface area contributed by atoms with Crippen LogP contribution in [0.5, 0.6) is 0 Å². The first-order valence-corrected chi connectivity index (χ1v) is 12.8. The third-order valence-electron chi connectivity index (χ3n) is 7.59. The second kappa shape index (κ2) is 11.3. The predicted octanol–water partition coefficient (Wildman–Crippen LogP) is 5.76. The molecule has 0 amide bonds. The highest BCUT2D eigenvalue weighted by Crippen LogP contribution is 2.38. The van der Waals surface area contributed by atoms with E-state index >= 15 is 0 Å². The summed E-state index contributed by atoms with van der Waals surface area (Å²) in [5.41, 5.74) is 4.30. The third-order valence-corrected chi connectivity index (χ3v) is 7.59. The van der Waals surface area contributed by atoms with Crippen molar-refractivity contribution in [3.8, 4) is 0 Å². The Morgan fingerprint density at radius 3 is 2.62 bits per heavy atom. The van der Waals surface area contributed by atoms with Gasteiger partial charge in [-0.05, 0) is 59.4 Å². The van der Waals surface area contributed by atoms with Gasteiger partial charge in [-0.25, -0.2) is 0 Å². The normalized spacial score (nSPS) is 19.7. The van der Waals surface area contributed by atoms with Crippen molar-refractivity contribution in [2.45, 2.75) is 71.4 Å². The highest BCUT2D eigenvalue weighted by atomic mass is 16.2. The maximum Gasteiger partial charge on any atom is 0.326 e. The average Bonchev–Trinajstić information content (AvgIpc) is 3.12. The maximum absolute atomic E-state index is 13.6. The van der Waals surface area contributed by atoms with Gasteiger partial charge in [-0.2, -0.15) is 0 Å². The Balaban J connectivity index is 1.46. The van der Waals surface area contributed by atoms with Crippen molar-refractivity contribution >= 4 is 29.5 Å². The molecule has 4 heteroatoms. The molecule has 1 fully saturated rings. The zero-order chi connectivity index (χ0) is 24.1. The molecule has 1 saturated carbocycles. The van der Waals surface area contributed by atoms with E-state index in [-0.39, 0.29) is 11.7 Å². The minimum absolute atomic E-state index is 0.00677. The molecule has 3 aromatic carbocycles. The molecule has 1 radical (unpaired) electrons. The van der Waals surface area contributed by atoms with Gasteiger partial charge in [0.15, 0.2) is 5.78 Å². The Labute approximate surface area is 205 Å². The molecule has 0 aliphatic heterocycles. The number of benzene rings is 3. The molecule has 34 heavy (non-hydrogen) atoms. The quantitative estimate of drug-likeness (QED) is 0.259. The van der Waals surface area contributed by atoms with Gasteiger partial charge in [0, 0.05) is 24.1 Å². The number of nitrogens with one attached hydrogen (secondary N) is 1. The number of hydrogen-bond donors (Lipinski definition) is 2. The lowest BCUT2D eigenvalue weighted by Crippen LogP contribution is -2.22. The van der Waals surface area contributed by atoms with Crippen LogP contribution < -0.4 is 10.8 Å². The van der Waals surface area contributed by atoms with E-state index in [0.29, 0.717) is 17.9 Å². The predicted molar refractivity (Wildman–Crippen MR) is 143 cm³/mol.